The number of nitriles is 1. The Balaban J connectivity index is 1.49. The third-order valence-corrected chi connectivity index (χ3v) is 5.83. The molecule has 6 heteroatoms. The fraction of sp³-hybridized carbons (Fsp3) is 0.632. The smallest absolute Gasteiger partial charge is 0.255 e. The van der Waals surface area contributed by atoms with Crippen molar-refractivity contribution in [3.63, 3.8) is 0 Å². The van der Waals surface area contributed by atoms with Gasteiger partial charge in [-0.05, 0) is 43.7 Å². The van der Waals surface area contributed by atoms with E-state index in [1.165, 1.54) is 12.6 Å². The van der Waals surface area contributed by atoms with Crippen molar-refractivity contribution in [3.8, 4) is 6.07 Å². The summed E-state index contributed by atoms with van der Waals surface area (Å²) in [7, 11) is 0. The van der Waals surface area contributed by atoms with Gasteiger partial charge < -0.3 is 9.64 Å². The van der Waals surface area contributed by atoms with Gasteiger partial charge in [0.1, 0.15) is 11.8 Å². The van der Waals surface area contributed by atoms with Gasteiger partial charge >= 0.3 is 0 Å². The highest BCUT2D eigenvalue weighted by Gasteiger charge is 2.39. The highest BCUT2D eigenvalue weighted by molar-refractivity contribution is 5.94. The molecule has 0 N–H and O–H groups in total. The summed E-state index contributed by atoms with van der Waals surface area (Å²) in [6, 6.07) is 6.23. The Bertz CT molecular complexity index is 663. The second-order valence-corrected chi connectivity index (χ2v) is 7.40. The molecule has 1 aromatic rings. The topological polar surface area (TPSA) is 69.5 Å². The number of nitrogens with zero attached hydrogens (tertiary/aromatic N) is 4. The van der Waals surface area contributed by atoms with Crippen molar-refractivity contribution < 1.29 is 9.53 Å². The first-order chi connectivity index (χ1) is 12.2. The van der Waals surface area contributed by atoms with E-state index in [1.807, 2.05) is 6.07 Å². The van der Waals surface area contributed by atoms with Gasteiger partial charge in [-0.25, -0.2) is 4.98 Å². The van der Waals surface area contributed by atoms with E-state index in [-0.39, 0.29) is 11.9 Å². The van der Waals surface area contributed by atoms with Crippen LogP contribution < -0.4 is 0 Å². The van der Waals surface area contributed by atoms with Crippen LogP contribution in [0.1, 0.15) is 41.7 Å². The first-order valence-corrected chi connectivity index (χ1v) is 9.23. The molecule has 0 aromatic carbocycles. The normalized spacial score (nSPS) is 27.7. The maximum absolute atomic E-state index is 13.0. The van der Waals surface area contributed by atoms with Crippen LogP contribution in [0.5, 0.6) is 0 Å². The van der Waals surface area contributed by atoms with Gasteiger partial charge in [0, 0.05) is 51.1 Å². The zero-order chi connectivity index (χ0) is 17.2. The molecule has 1 amide bonds. The molecule has 132 valence electrons. The van der Waals surface area contributed by atoms with Crippen molar-refractivity contribution in [1.82, 2.24) is 14.8 Å². The minimum atomic E-state index is 0.0560. The van der Waals surface area contributed by atoms with Gasteiger partial charge in [-0.3, -0.25) is 9.69 Å². The molecule has 2 atom stereocenters. The monoisotopic (exact) mass is 340 g/mol. The molecule has 5 rings (SSSR count). The highest BCUT2D eigenvalue weighted by Crippen LogP contribution is 2.31. The molecule has 4 saturated heterocycles. The summed E-state index contributed by atoms with van der Waals surface area (Å²) in [5, 5.41) is 8.87. The number of fused-ring (bicyclic) bond motifs is 4. The third kappa shape index (κ3) is 3.39. The average Bonchev–Trinajstić information content (AvgIpc) is 3.00. The molecule has 0 radical (unpaired) electrons. The highest BCUT2D eigenvalue weighted by atomic mass is 16.5. The van der Waals surface area contributed by atoms with E-state index in [4.69, 9.17) is 10.00 Å². The lowest BCUT2D eigenvalue weighted by molar-refractivity contribution is 0.0304. The van der Waals surface area contributed by atoms with E-state index in [2.05, 4.69) is 14.8 Å². The van der Waals surface area contributed by atoms with Gasteiger partial charge in [0.15, 0.2) is 0 Å². The van der Waals surface area contributed by atoms with E-state index in [0.29, 0.717) is 23.2 Å². The molecule has 0 aliphatic carbocycles. The molecule has 0 saturated carbocycles. The van der Waals surface area contributed by atoms with Crippen LogP contribution >= 0.6 is 0 Å². The van der Waals surface area contributed by atoms with Crippen LogP contribution in [0.2, 0.25) is 0 Å². The van der Waals surface area contributed by atoms with Crippen molar-refractivity contribution >= 4 is 5.91 Å². The molecule has 2 bridgehead atoms. The maximum Gasteiger partial charge on any atom is 0.255 e. The van der Waals surface area contributed by atoms with E-state index in [0.717, 1.165) is 52.1 Å². The number of rotatable bonds is 2. The Morgan fingerprint density at radius 2 is 1.96 bits per heavy atom. The molecule has 0 unspecified atom stereocenters. The number of carbonyl (C=O) groups excluding carboxylic acids is 1. The Morgan fingerprint density at radius 1 is 1.12 bits per heavy atom. The van der Waals surface area contributed by atoms with Gasteiger partial charge in [-0.15, -0.1) is 0 Å². The van der Waals surface area contributed by atoms with E-state index in [9.17, 15) is 4.79 Å². The molecule has 5 heterocycles. The molecule has 4 aliphatic heterocycles. The zero-order valence-corrected chi connectivity index (χ0v) is 14.4. The number of pyridine rings is 1. The Morgan fingerprint density at radius 3 is 2.68 bits per heavy atom. The number of carbonyl (C=O) groups is 1. The Hall–Kier alpha value is -1.97. The van der Waals surface area contributed by atoms with Crippen molar-refractivity contribution in [1.29, 1.82) is 5.26 Å². The Kier molecular flexibility index (Phi) is 4.69. The standard InChI is InChI=1S/C19H24N4O2/c20-9-16-3-2-15(10-21-16)19(24)23-12-14-1-4-18(23)13-22(11-14)17-5-7-25-8-6-17/h2-3,10,14,17-18H,1,4-8,11-13H2/t14-,18+/m0/s1. The number of hydrogen-bond donors (Lipinski definition) is 0. The largest absolute Gasteiger partial charge is 0.381 e. The van der Waals surface area contributed by atoms with E-state index >= 15 is 0 Å². The van der Waals surface area contributed by atoms with E-state index in [1.54, 1.807) is 12.1 Å². The van der Waals surface area contributed by atoms with Gasteiger partial charge in [0.05, 0.1) is 5.56 Å². The first kappa shape index (κ1) is 16.5. The SMILES string of the molecule is N#Cc1ccc(C(=O)N2C[C@H]3CC[C@@H]2CN(C2CCOCC2)C3)cn1. The number of amides is 1. The molecular formula is C19H24N4O2. The van der Waals surface area contributed by atoms with Gasteiger partial charge in [-0.2, -0.15) is 5.26 Å². The van der Waals surface area contributed by atoms with Gasteiger partial charge in [0.25, 0.3) is 5.91 Å². The number of hydrogen-bond acceptors (Lipinski definition) is 5. The first-order valence-electron chi connectivity index (χ1n) is 9.23. The van der Waals surface area contributed by atoms with Crippen LogP contribution in [0.15, 0.2) is 18.3 Å². The van der Waals surface area contributed by atoms with Crippen LogP contribution in [0, 0.1) is 17.2 Å². The summed E-state index contributed by atoms with van der Waals surface area (Å²) in [4.78, 5) is 21.7. The van der Waals surface area contributed by atoms with Crippen molar-refractivity contribution in [3.05, 3.63) is 29.6 Å². The quantitative estimate of drug-likeness (QED) is 0.819. The number of piperidine rings is 1. The number of aromatic nitrogens is 1. The summed E-state index contributed by atoms with van der Waals surface area (Å²) >= 11 is 0. The third-order valence-electron chi connectivity index (χ3n) is 5.83. The summed E-state index contributed by atoms with van der Waals surface area (Å²) in [6.07, 6.45) is 6.04. The predicted molar refractivity (Wildman–Crippen MR) is 91.9 cm³/mol. The average molecular weight is 340 g/mol. The minimum absolute atomic E-state index is 0.0560. The Labute approximate surface area is 148 Å². The van der Waals surface area contributed by atoms with Crippen LogP contribution in [0.25, 0.3) is 0 Å². The molecular weight excluding hydrogens is 316 g/mol. The van der Waals surface area contributed by atoms with Gasteiger partial charge in [0.2, 0.25) is 0 Å². The van der Waals surface area contributed by atoms with Gasteiger partial charge in [-0.1, -0.05) is 0 Å². The summed E-state index contributed by atoms with van der Waals surface area (Å²) < 4.78 is 5.51. The molecule has 6 nitrogen and oxygen atoms in total. The van der Waals surface area contributed by atoms with E-state index < -0.39 is 0 Å². The fourth-order valence-electron chi connectivity index (χ4n) is 4.47. The van der Waals surface area contributed by atoms with Crippen molar-refractivity contribution in [2.45, 2.75) is 37.8 Å². The van der Waals surface area contributed by atoms with Crippen LogP contribution in [-0.2, 0) is 4.74 Å². The summed E-state index contributed by atoms with van der Waals surface area (Å²) in [6.45, 7) is 4.61. The lowest BCUT2D eigenvalue weighted by Gasteiger charge is -2.37. The zero-order valence-electron chi connectivity index (χ0n) is 14.4. The van der Waals surface area contributed by atoms with Crippen molar-refractivity contribution in [2.24, 2.45) is 5.92 Å². The molecule has 4 fully saturated rings. The molecule has 1 aromatic heterocycles. The summed E-state index contributed by atoms with van der Waals surface area (Å²) in [5.74, 6) is 0.609. The second-order valence-electron chi connectivity index (χ2n) is 7.40. The van der Waals surface area contributed by atoms with Crippen LogP contribution in [0.4, 0.5) is 0 Å². The maximum atomic E-state index is 13.0. The van der Waals surface area contributed by atoms with Crippen molar-refractivity contribution in [2.75, 3.05) is 32.8 Å². The second kappa shape index (κ2) is 7.11. The van der Waals surface area contributed by atoms with Crippen LogP contribution in [0.3, 0.4) is 0 Å². The van der Waals surface area contributed by atoms with Crippen LogP contribution in [-0.4, -0.2) is 65.6 Å². The molecule has 25 heavy (non-hydrogen) atoms. The lowest BCUT2D eigenvalue weighted by atomic mass is 9.94. The number of ether oxygens (including phenoxy) is 1. The minimum Gasteiger partial charge on any atom is -0.381 e. The molecule has 0 spiro atoms. The fourth-order valence-corrected chi connectivity index (χ4v) is 4.47. The summed E-state index contributed by atoms with van der Waals surface area (Å²) in [5.41, 5.74) is 0.934. The lowest BCUT2D eigenvalue weighted by Crippen LogP contribution is -2.48. The predicted octanol–water partition coefficient (Wildman–Crippen LogP) is 1.67. The molecule has 4 aliphatic rings.